The van der Waals surface area contributed by atoms with Crippen molar-refractivity contribution in [3.8, 4) is 0 Å². The third-order valence-electron chi connectivity index (χ3n) is 5.96. The fourth-order valence-electron chi connectivity index (χ4n) is 4.73. The van der Waals surface area contributed by atoms with Gasteiger partial charge in [-0.05, 0) is 60.2 Å². The lowest BCUT2D eigenvalue weighted by Gasteiger charge is -2.42. The van der Waals surface area contributed by atoms with Crippen LogP contribution in [0.2, 0.25) is 0 Å². The summed E-state index contributed by atoms with van der Waals surface area (Å²) in [5, 5.41) is 1.33. The number of aromatic amines is 1. The summed E-state index contributed by atoms with van der Waals surface area (Å²) in [6.45, 7) is 2.30. The Labute approximate surface area is 143 Å². The molecule has 0 spiro atoms. The molecule has 122 valence electrons. The van der Waals surface area contributed by atoms with Crippen molar-refractivity contribution in [3.05, 3.63) is 71.4 Å². The van der Waals surface area contributed by atoms with E-state index in [0.717, 1.165) is 12.5 Å². The van der Waals surface area contributed by atoms with Gasteiger partial charge in [0.25, 0.3) is 0 Å². The average molecular weight is 316 g/mol. The first-order valence-corrected chi connectivity index (χ1v) is 9.22. The van der Waals surface area contributed by atoms with E-state index in [4.69, 9.17) is 0 Å². The van der Waals surface area contributed by atoms with Gasteiger partial charge in [0.1, 0.15) is 0 Å². The van der Waals surface area contributed by atoms with Crippen LogP contribution in [0.15, 0.2) is 54.6 Å². The van der Waals surface area contributed by atoms with Gasteiger partial charge in [-0.1, -0.05) is 42.5 Å². The first-order chi connectivity index (χ1) is 11.8. The summed E-state index contributed by atoms with van der Waals surface area (Å²) >= 11 is 0. The molecule has 1 fully saturated rings. The van der Waals surface area contributed by atoms with E-state index in [2.05, 4.69) is 64.5 Å². The van der Waals surface area contributed by atoms with Crippen LogP contribution in [-0.4, -0.2) is 22.5 Å². The zero-order valence-corrected chi connectivity index (χ0v) is 14.0. The number of piperidine rings is 1. The molecule has 0 unspecified atom stereocenters. The molecule has 2 bridgehead atoms. The zero-order valence-electron chi connectivity index (χ0n) is 14.0. The molecule has 24 heavy (non-hydrogen) atoms. The van der Waals surface area contributed by atoms with Crippen molar-refractivity contribution in [2.45, 2.75) is 38.3 Å². The van der Waals surface area contributed by atoms with Crippen LogP contribution in [0.5, 0.6) is 0 Å². The Hall–Kier alpha value is -2.06. The highest BCUT2D eigenvalue weighted by Crippen LogP contribution is 2.33. The van der Waals surface area contributed by atoms with E-state index in [1.165, 1.54) is 48.8 Å². The Morgan fingerprint density at radius 1 is 0.917 bits per heavy atom. The number of fused-ring (bicyclic) bond motifs is 3. The van der Waals surface area contributed by atoms with Crippen LogP contribution >= 0.6 is 0 Å². The Kier molecular flexibility index (Phi) is 3.45. The van der Waals surface area contributed by atoms with Crippen molar-refractivity contribution >= 4 is 10.9 Å². The smallest absolute Gasteiger partial charge is 0.0456 e. The first-order valence-electron chi connectivity index (χ1n) is 9.22. The van der Waals surface area contributed by atoms with Crippen LogP contribution < -0.4 is 0 Å². The number of hydrogen-bond acceptors (Lipinski definition) is 1. The summed E-state index contributed by atoms with van der Waals surface area (Å²) in [5.74, 6) is 0.812. The Bertz CT molecular complexity index is 830. The van der Waals surface area contributed by atoms with Gasteiger partial charge in [0, 0.05) is 30.3 Å². The van der Waals surface area contributed by atoms with Crippen LogP contribution in [0.4, 0.5) is 0 Å². The predicted octanol–water partition coefficient (Wildman–Crippen LogP) is 4.55. The number of para-hydroxylation sites is 1. The van der Waals surface area contributed by atoms with Crippen molar-refractivity contribution in [2.75, 3.05) is 6.54 Å². The van der Waals surface area contributed by atoms with E-state index in [0.29, 0.717) is 6.04 Å². The molecule has 2 nitrogen and oxygen atoms in total. The third-order valence-corrected chi connectivity index (χ3v) is 5.96. The summed E-state index contributed by atoms with van der Waals surface area (Å²) in [7, 11) is 0. The molecule has 3 aliphatic rings. The topological polar surface area (TPSA) is 19.0 Å². The molecule has 2 aliphatic heterocycles. The monoisotopic (exact) mass is 316 g/mol. The van der Waals surface area contributed by atoms with Gasteiger partial charge in [-0.3, -0.25) is 4.90 Å². The number of nitrogens with one attached hydrogen (secondary N) is 1. The van der Waals surface area contributed by atoms with Crippen LogP contribution in [-0.2, 0) is 19.4 Å². The van der Waals surface area contributed by atoms with Gasteiger partial charge in [-0.25, -0.2) is 0 Å². The molecular weight excluding hydrogens is 292 g/mol. The highest BCUT2D eigenvalue weighted by Gasteiger charge is 2.31. The molecule has 1 saturated heterocycles. The van der Waals surface area contributed by atoms with Gasteiger partial charge < -0.3 is 4.98 Å². The maximum atomic E-state index is 3.62. The number of benzene rings is 2. The number of hydrogen-bond donors (Lipinski definition) is 1. The summed E-state index contributed by atoms with van der Waals surface area (Å²) in [4.78, 5) is 6.35. The lowest BCUT2D eigenvalue weighted by molar-refractivity contribution is 0.0928. The molecule has 2 aromatic carbocycles. The molecule has 0 radical (unpaired) electrons. The largest absolute Gasteiger partial charge is 0.357 e. The van der Waals surface area contributed by atoms with Gasteiger partial charge >= 0.3 is 0 Å². The lowest BCUT2D eigenvalue weighted by atomic mass is 9.80. The minimum atomic E-state index is 0.689. The molecule has 1 aromatic heterocycles. The molecule has 2 heteroatoms. The Morgan fingerprint density at radius 2 is 1.71 bits per heavy atom. The Balaban J connectivity index is 1.43. The van der Waals surface area contributed by atoms with E-state index in [1.54, 1.807) is 11.1 Å². The van der Waals surface area contributed by atoms with Crippen molar-refractivity contribution < 1.29 is 0 Å². The van der Waals surface area contributed by atoms with E-state index in [1.807, 2.05) is 0 Å². The van der Waals surface area contributed by atoms with E-state index >= 15 is 0 Å². The second kappa shape index (κ2) is 5.78. The van der Waals surface area contributed by atoms with Crippen LogP contribution in [0.25, 0.3) is 10.9 Å². The summed E-state index contributed by atoms with van der Waals surface area (Å²) in [6, 6.07) is 20.7. The molecule has 3 aromatic rings. The number of rotatable bonds is 2. The molecule has 3 heterocycles. The standard InChI is InChI=1S/C22H24N2/c1-2-6-18-13-21-10-9-16(11-17(18)5-1)14-24(21)15-20-12-19-7-3-4-8-22(19)23-20/h1-8,12,16,21,23H,9-11,13-15H2/t16-,21-/m1/s1. The van der Waals surface area contributed by atoms with Crippen molar-refractivity contribution in [2.24, 2.45) is 5.92 Å². The van der Waals surface area contributed by atoms with E-state index in [9.17, 15) is 0 Å². The fraction of sp³-hybridized carbons (Fsp3) is 0.364. The van der Waals surface area contributed by atoms with Gasteiger partial charge in [0.05, 0.1) is 0 Å². The normalized spacial score (nSPS) is 23.8. The third kappa shape index (κ3) is 2.55. The maximum Gasteiger partial charge on any atom is 0.0456 e. The molecule has 0 saturated carbocycles. The van der Waals surface area contributed by atoms with Gasteiger partial charge in [0.2, 0.25) is 0 Å². The molecule has 0 amide bonds. The van der Waals surface area contributed by atoms with Crippen LogP contribution in [0.3, 0.4) is 0 Å². The van der Waals surface area contributed by atoms with Gasteiger partial charge in [-0.15, -0.1) is 0 Å². The fourth-order valence-corrected chi connectivity index (χ4v) is 4.73. The highest BCUT2D eigenvalue weighted by atomic mass is 15.2. The molecule has 1 aliphatic carbocycles. The minimum absolute atomic E-state index is 0.689. The highest BCUT2D eigenvalue weighted by molar-refractivity contribution is 5.80. The second-order valence-electron chi connectivity index (χ2n) is 7.59. The second-order valence-corrected chi connectivity index (χ2v) is 7.59. The molecular formula is C22H24N2. The van der Waals surface area contributed by atoms with Crippen LogP contribution in [0.1, 0.15) is 29.7 Å². The minimum Gasteiger partial charge on any atom is -0.357 e. The quantitative estimate of drug-likeness (QED) is 0.735. The van der Waals surface area contributed by atoms with E-state index in [-0.39, 0.29) is 0 Å². The zero-order chi connectivity index (χ0) is 15.9. The van der Waals surface area contributed by atoms with Gasteiger partial charge in [-0.2, -0.15) is 0 Å². The predicted molar refractivity (Wildman–Crippen MR) is 99.1 cm³/mol. The van der Waals surface area contributed by atoms with Crippen LogP contribution in [0, 0.1) is 5.92 Å². The van der Waals surface area contributed by atoms with E-state index < -0.39 is 0 Å². The molecule has 1 N–H and O–H groups in total. The van der Waals surface area contributed by atoms with Crippen molar-refractivity contribution in [1.29, 1.82) is 0 Å². The van der Waals surface area contributed by atoms with Gasteiger partial charge in [0.15, 0.2) is 0 Å². The summed E-state index contributed by atoms with van der Waals surface area (Å²) in [5.41, 5.74) is 5.79. The lowest BCUT2D eigenvalue weighted by Crippen LogP contribution is -2.46. The van der Waals surface area contributed by atoms with Crippen molar-refractivity contribution in [1.82, 2.24) is 9.88 Å². The molecule has 2 atom stereocenters. The maximum absolute atomic E-state index is 3.62. The number of aromatic nitrogens is 1. The number of H-pyrrole nitrogens is 1. The first kappa shape index (κ1) is 14.3. The molecule has 6 rings (SSSR count). The summed E-state index contributed by atoms with van der Waals surface area (Å²) in [6.07, 6.45) is 5.21. The van der Waals surface area contributed by atoms with Crippen molar-refractivity contribution in [3.63, 3.8) is 0 Å². The SMILES string of the molecule is c1ccc2c(c1)C[C@H]1CC[C@H](C2)N(Cc2cc3ccccc3[nH]2)C1. The average Bonchev–Trinajstić information content (AvgIpc) is 2.98. The summed E-state index contributed by atoms with van der Waals surface area (Å²) < 4.78 is 0. The number of nitrogens with zero attached hydrogens (tertiary/aromatic N) is 1. The Morgan fingerprint density at radius 3 is 2.58 bits per heavy atom.